The smallest absolute Gasteiger partial charge is 0.250 e. The Morgan fingerprint density at radius 3 is 2.57 bits per heavy atom. The predicted molar refractivity (Wildman–Crippen MR) is 92.1 cm³/mol. The van der Waals surface area contributed by atoms with Crippen molar-refractivity contribution in [2.75, 3.05) is 56.7 Å². The number of ether oxygens (including phenoxy) is 1. The van der Waals surface area contributed by atoms with Gasteiger partial charge in [0, 0.05) is 45.4 Å². The molecule has 0 spiro atoms. The van der Waals surface area contributed by atoms with Crippen LogP contribution in [0.2, 0.25) is 0 Å². The standard InChI is InChI=1S/C17H26N4O2/c1-20-7-9-21(10-8-20)15-4-2-3-14(17(18)22)16(15)19-13-5-11-23-12-6-13/h2-4,13,19H,5-12H2,1H3,(H2,18,22). The van der Waals surface area contributed by atoms with Crippen LogP contribution in [0.5, 0.6) is 0 Å². The van der Waals surface area contributed by atoms with Gasteiger partial charge in [0.2, 0.25) is 0 Å². The number of anilines is 2. The van der Waals surface area contributed by atoms with E-state index in [4.69, 9.17) is 10.5 Å². The van der Waals surface area contributed by atoms with Gasteiger partial charge in [0.05, 0.1) is 16.9 Å². The molecule has 6 nitrogen and oxygen atoms in total. The van der Waals surface area contributed by atoms with Gasteiger partial charge >= 0.3 is 0 Å². The highest BCUT2D eigenvalue weighted by atomic mass is 16.5. The summed E-state index contributed by atoms with van der Waals surface area (Å²) in [6.45, 7) is 5.50. The van der Waals surface area contributed by atoms with Gasteiger partial charge in [0.25, 0.3) is 5.91 Å². The lowest BCUT2D eigenvalue weighted by Crippen LogP contribution is -2.45. The summed E-state index contributed by atoms with van der Waals surface area (Å²) < 4.78 is 5.43. The van der Waals surface area contributed by atoms with E-state index in [1.807, 2.05) is 12.1 Å². The molecule has 0 aromatic heterocycles. The first-order valence-corrected chi connectivity index (χ1v) is 8.36. The molecule has 3 N–H and O–H groups in total. The normalized spacial score (nSPS) is 20.5. The molecule has 0 aliphatic carbocycles. The number of likely N-dealkylation sites (N-methyl/N-ethyl adjacent to an activating group) is 1. The van der Waals surface area contributed by atoms with E-state index in [0.29, 0.717) is 11.6 Å². The molecular weight excluding hydrogens is 292 g/mol. The number of para-hydroxylation sites is 1. The van der Waals surface area contributed by atoms with Crippen LogP contribution in [0.1, 0.15) is 23.2 Å². The lowest BCUT2D eigenvalue weighted by molar-refractivity contribution is 0.0904. The molecule has 0 bridgehead atoms. The lowest BCUT2D eigenvalue weighted by Gasteiger charge is -2.36. The minimum atomic E-state index is -0.379. The Bertz CT molecular complexity index is 550. The van der Waals surface area contributed by atoms with Gasteiger partial charge in [-0.3, -0.25) is 4.79 Å². The topological polar surface area (TPSA) is 70.8 Å². The Morgan fingerprint density at radius 2 is 1.91 bits per heavy atom. The molecule has 3 rings (SSSR count). The van der Waals surface area contributed by atoms with Crippen LogP contribution in [-0.2, 0) is 4.74 Å². The molecule has 2 heterocycles. The molecule has 0 atom stereocenters. The third kappa shape index (κ3) is 3.76. The summed E-state index contributed by atoms with van der Waals surface area (Å²) >= 11 is 0. The van der Waals surface area contributed by atoms with Crippen LogP contribution in [0.25, 0.3) is 0 Å². The maximum atomic E-state index is 11.9. The molecule has 1 aromatic carbocycles. The highest BCUT2D eigenvalue weighted by Crippen LogP contribution is 2.32. The molecule has 1 aromatic rings. The van der Waals surface area contributed by atoms with Crippen molar-refractivity contribution in [3.05, 3.63) is 23.8 Å². The molecule has 2 aliphatic heterocycles. The largest absolute Gasteiger partial charge is 0.381 e. The molecule has 0 radical (unpaired) electrons. The summed E-state index contributed by atoms with van der Waals surface area (Å²) in [5.41, 5.74) is 8.16. The van der Waals surface area contributed by atoms with E-state index in [0.717, 1.165) is 63.6 Å². The number of rotatable bonds is 4. The van der Waals surface area contributed by atoms with E-state index in [9.17, 15) is 4.79 Å². The van der Waals surface area contributed by atoms with Gasteiger partial charge in [0.15, 0.2) is 0 Å². The van der Waals surface area contributed by atoms with Gasteiger partial charge in [-0.05, 0) is 32.0 Å². The van der Waals surface area contributed by atoms with Crippen molar-refractivity contribution in [2.45, 2.75) is 18.9 Å². The van der Waals surface area contributed by atoms with Gasteiger partial charge in [-0.1, -0.05) is 6.07 Å². The highest BCUT2D eigenvalue weighted by molar-refractivity contribution is 6.01. The zero-order chi connectivity index (χ0) is 16.2. The summed E-state index contributed by atoms with van der Waals surface area (Å²) in [6, 6.07) is 6.14. The first kappa shape index (κ1) is 16.1. The molecule has 2 saturated heterocycles. The van der Waals surface area contributed by atoms with Crippen molar-refractivity contribution >= 4 is 17.3 Å². The second-order valence-electron chi connectivity index (χ2n) is 6.39. The van der Waals surface area contributed by atoms with Gasteiger partial charge in [-0.25, -0.2) is 0 Å². The third-order valence-corrected chi connectivity index (χ3v) is 4.72. The molecule has 1 amide bonds. The predicted octanol–water partition coefficient (Wildman–Crippen LogP) is 1.13. The average molecular weight is 318 g/mol. The highest BCUT2D eigenvalue weighted by Gasteiger charge is 2.23. The summed E-state index contributed by atoms with van der Waals surface area (Å²) in [6.07, 6.45) is 1.91. The molecule has 0 unspecified atom stereocenters. The quantitative estimate of drug-likeness (QED) is 0.871. The van der Waals surface area contributed by atoms with Crippen LogP contribution in [0.3, 0.4) is 0 Å². The zero-order valence-corrected chi connectivity index (χ0v) is 13.8. The number of hydrogen-bond donors (Lipinski definition) is 2. The number of nitrogens with one attached hydrogen (secondary N) is 1. The second kappa shape index (κ2) is 7.19. The van der Waals surface area contributed by atoms with E-state index in [2.05, 4.69) is 28.2 Å². The Balaban J connectivity index is 1.88. The number of primary amides is 1. The van der Waals surface area contributed by atoms with Crippen molar-refractivity contribution in [3.63, 3.8) is 0 Å². The second-order valence-corrected chi connectivity index (χ2v) is 6.39. The number of hydrogen-bond acceptors (Lipinski definition) is 5. The minimum absolute atomic E-state index is 0.329. The molecular formula is C17H26N4O2. The van der Waals surface area contributed by atoms with Crippen LogP contribution < -0.4 is 16.0 Å². The van der Waals surface area contributed by atoms with Crippen LogP contribution in [0, 0.1) is 0 Å². The van der Waals surface area contributed by atoms with E-state index in [1.165, 1.54) is 0 Å². The SMILES string of the molecule is CN1CCN(c2cccc(C(N)=O)c2NC2CCOCC2)CC1. The van der Waals surface area contributed by atoms with E-state index in [1.54, 1.807) is 0 Å². The first-order valence-electron chi connectivity index (χ1n) is 8.36. The minimum Gasteiger partial charge on any atom is -0.381 e. The van der Waals surface area contributed by atoms with E-state index >= 15 is 0 Å². The third-order valence-electron chi connectivity index (χ3n) is 4.72. The molecule has 6 heteroatoms. The first-order chi connectivity index (χ1) is 11.1. The molecule has 126 valence electrons. The number of carbonyl (C=O) groups excluding carboxylic acids is 1. The summed E-state index contributed by atoms with van der Waals surface area (Å²) in [5, 5.41) is 3.57. The van der Waals surface area contributed by atoms with Crippen molar-refractivity contribution in [2.24, 2.45) is 5.73 Å². The fraction of sp³-hybridized carbons (Fsp3) is 0.588. The van der Waals surface area contributed by atoms with Crippen molar-refractivity contribution in [1.29, 1.82) is 0 Å². The number of piperazine rings is 1. The molecule has 2 fully saturated rings. The zero-order valence-electron chi connectivity index (χ0n) is 13.8. The van der Waals surface area contributed by atoms with Crippen LogP contribution in [-0.4, -0.2) is 63.3 Å². The Hall–Kier alpha value is -1.79. The summed E-state index contributed by atoms with van der Waals surface area (Å²) in [5.74, 6) is -0.379. The molecule has 23 heavy (non-hydrogen) atoms. The maximum Gasteiger partial charge on any atom is 0.250 e. The lowest BCUT2D eigenvalue weighted by atomic mass is 10.0. The monoisotopic (exact) mass is 318 g/mol. The van der Waals surface area contributed by atoms with Gasteiger partial charge < -0.3 is 25.6 Å². The van der Waals surface area contributed by atoms with Gasteiger partial charge in [0.1, 0.15) is 0 Å². The number of nitrogens with zero attached hydrogens (tertiary/aromatic N) is 2. The molecule has 0 saturated carbocycles. The Labute approximate surface area is 137 Å². The number of amides is 1. The number of benzene rings is 1. The van der Waals surface area contributed by atoms with Crippen molar-refractivity contribution in [3.8, 4) is 0 Å². The van der Waals surface area contributed by atoms with Crippen molar-refractivity contribution < 1.29 is 9.53 Å². The van der Waals surface area contributed by atoms with Crippen LogP contribution in [0.4, 0.5) is 11.4 Å². The maximum absolute atomic E-state index is 11.9. The number of carbonyl (C=O) groups is 1. The number of nitrogens with two attached hydrogens (primary N) is 1. The summed E-state index contributed by atoms with van der Waals surface area (Å²) in [7, 11) is 2.14. The van der Waals surface area contributed by atoms with Gasteiger partial charge in [-0.15, -0.1) is 0 Å². The average Bonchev–Trinajstić information content (AvgIpc) is 2.57. The van der Waals surface area contributed by atoms with Crippen LogP contribution >= 0.6 is 0 Å². The van der Waals surface area contributed by atoms with E-state index < -0.39 is 0 Å². The Kier molecular flexibility index (Phi) is 5.03. The fourth-order valence-corrected chi connectivity index (χ4v) is 3.25. The van der Waals surface area contributed by atoms with E-state index in [-0.39, 0.29) is 5.91 Å². The van der Waals surface area contributed by atoms with Crippen molar-refractivity contribution in [1.82, 2.24) is 4.90 Å². The van der Waals surface area contributed by atoms with Crippen LogP contribution in [0.15, 0.2) is 18.2 Å². The Morgan fingerprint density at radius 1 is 1.22 bits per heavy atom. The van der Waals surface area contributed by atoms with Gasteiger partial charge in [-0.2, -0.15) is 0 Å². The summed E-state index contributed by atoms with van der Waals surface area (Å²) in [4.78, 5) is 16.5. The fourth-order valence-electron chi connectivity index (χ4n) is 3.25. The molecule has 2 aliphatic rings.